The highest BCUT2D eigenvalue weighted by Crippen LogP contribution is 2.45. The summed E-state index contributed by atoms with van der Waals surface area (Å²) in [5, 5.41) is 13.2. The molecule has 1 heteroatoms. The summed E-state index contributed by atoms with van der Waals surface area (Å²) in [6.07, 6.45) is 0. The molecule has 9 rings (SSSR count). The highest BCUT2D eigenvalue weighted by molar-refractivity contribution is 7.26. The summed E-state index contributed by atoms with van der Waals surface area (Å²) in [5.74, 6) is 0. The van der Waals surface area contributed by atoms with Gasteiger partial charge in [-0.15, -0.1) is 11.3 Å². The molecule has 9 aromatic rings. The Balaban J connectivity index is 1.20. The lowest BCUT2D eigenvalue weighted by Crippen LogP contribution is -1.85. The quantitative estimate of drug-likeness (QED) is 0.203. The molecule has 0 fully saturated rings. The second-order valence-corrected chi connectivity index (χ2v) is 11.6. The van der Waals surface area contributed by atoms with Crippen molar-refractivity contribution < 1.29 is 0 Å². The smallest absolute Gasteiger partial charge is 0.0440 e. The Hall–Kier alpha value is -4.72. The van der Waals surface area contributed by atoms with Crippen LogP contribution in [0.2, 0.25) is 0 Å². The minimum absolute atomic E-state index is 1.26. The lowest BCUT2D eigenvalue weighted by molar-refractivity contribution is 1.68. The standard InChI is InChI=1S/C38H22S/c1-2-7-30-23(5-1)17-20-34-31(8-4-9-33(30)34)28-15-13-27-22-29(16-14-26(27)21-28)32-19-18-25-12-11-24-6-3-10-35-36(24)37(25)38(32)39-35/h1-22H. The van der Waals surface area contributed by atoms with Crippen molar-refractivity contribution in [3.05, 3.63) is 133 Å². The van der Waals surface area contributed by atoms with E-state index in [0.717, 1.165) is 0 Å². The second-order valence-electron chi connectivity index (χ2n) is 10.5. The fourth-order valence-corrected chi connectivity index (χ4v) is 7.84. The van der Waals surface area contributed by atoms with Gasteiger partial charge in [-0.1, -0.05) is 115 Å². The SMILES string of the molecule is c1ccc2c(c1)ccc1c(-c3ccc4cc(-c5ccc6ccc7cccc8sc5c6c78)ccc4c3)cccc12. The number of hydrogen-bond donors (Lipinski definition) is 0. The normalized spacial score (nSPS) is 12.1. The van der Waals surface area contributed by atoms with Crippen LogP contribution in [0, 0.1) is 0 Å². The molecule has 1 heterocycles. The van der Waals surface area contributed by atoms with Crippen molar-refractivity contribution in [2.75, 3.05) is 0 Å². The molecule has 0 aliphatic heterocycles. The van der Waals surface area contributed by atoms with Gasteiger partial charge >= 0.3 is 0 Å². The molecule has 8 aromatic carbocycles. The Morgan fingerprint density at radius 1 is 0.359 bits per heavy atom. The largest absolute Gasteiger partial charge is 0.134 e. The maximum absolute atomic E-state index is 2.36. The van der Waals surface area contributed by atoms with Crippen LogP contribution in [0.3, 0.4) is 0 Å². The van der Waals surface area contributed by atoms with E-state index in [1.54, 1.807) is 0 Å². The zero-order chi connectivity index (χ0) is 25.5. The van der Waals surface area contributed by atoms with E-state index in [1.807, 2.05) is 11.3 Å². The summed E-state index contributed by atoms with van der Waals surface area (Å²) in [5.41, 5.74) is 5.14. The van der Waals surface area contributed by atoms with Gasteiger partial charge in [-0.05, 0) is 83.5 Å². The number of rotatable bonds is 2. The lowest BCUT2D eigenvalue weighted by Gasteiger charge is -2.12. The minimum atomic E-state index is 1.26. The fourth-order valence-electron chi connectivity index (χ4n) is 6.53. The van der Waals surface area contributed by atoms with Crippen molar-refractivity contribution in [3.63, 3.8) is 0 Å². The third-order valence-corrected chi connectivity index (χ3v) is 9.59. The van der Waals surface area contributed by atoms with Gasteiger partial charge in [0.05, 0.1) is 0 Å². The van der Waals surface area contributed by atoms with Crippen LogP contribution >= 0.6 is 11.3 Å². The maximum Gasteiger partial charge on any atom is 0.0440 e. The maximum atomic E-state index is 2.36. The van der Waals surface area contributed by atoms with Gasteiger partial charge in [0.1, 0.15) is 0 Å². The molecule has 180 valence electrons. The van der Waals surface area contributed by atoms with Crippen LogP contribution in [0.25, 0.3) is 85.5 Å². The monoisotopic (exact) mass is 510 g/mol. The number of hydrogen-bond acceptors (Lipinski definition) is 1. The van der Waals surface area contributed by atoms with E-state index in [0.29, 0.717) is 0 Å². The first-order valence-electron chi connectivity index (χ1n) is 13.4. The predicted octanol–water partition coefficient (Wildman–Crippen LogP) is 11.4. The van der Waals surface area contributed by atoms with Crippen LogP contribution < -0.4 is 0 Å². The van der Waals surface area contributed by atoms with E-state index in [1.165, 1.54) is 85.5 Å². The fraction of sp³-hybridized carbons (Fsp3) is 0. The zero-order valence-electron chi connectivity index (χ0n) is 21.1. The summed E-state index contributed by atoms with van der Waals surface area (Å²) in [7, 11) is 0. The van der Waals surface area contributed by atoms with E-state index in [9.17, 15) is 0 Å². The van der Waals surface area contributed by atoms with E-state index in [2.05, 4.69) is 133 Å². The van der Waals surface area contributed by atoms with Crippen molar-refractivity contribution in [1.82, 2.24) is 0 Å². The van der Waals surface area contributed by atoms with Gasteiger partial charge in [-0.3, -0.25) is 0 Å². The molecule has 0 saturated heterocycles. The van der Waals surface area contributed by atoms with E-state index < -0.39 is 0 Å². The average molecular weight is 511 g/mol. The summed E-state index contributed by atoms with van der Waals surface area (Å²) in [6.45, 7) is 0. The second kappa shape index (κ2) is 7.89. The van der Waals surface area contributed by atoms with Gasteiger partial charge in [0, 0.05) is 20.2 Å². The van der Waals surface area contributed by atoms with Crippen LogP contribution in [0.5, 0.6) is 0 Å². The van der Waals surface area contributed by atoms with Gasteiger partial charge < -0.3 is 0 Å². The summed E-state index contributed by atoms with van der Waals surface area (Å²) in [6, 6.07) is 49.5. The minimum Gasteiger partial charge on any atom is -0.134 e. The molecular formula is C38H22S. The summed E-state index contributed by atoms with van der Waals surface area (Å²) in [4.78, 5) is 0. The van der Waals surface area contributed by atoms with Gasteiger partial charge in [0.2, 0.25) is 0 Å². The first kappa shape index (κ1) is 21.2. The molecule has 1 aromatic heterocycles. The lowest BCUT2D eigenvalue weighted by atomic mass is 9.92. The first-order valence-corrected chi connectivity index (χ1v) is 14.2. The molecule has 0 unspecified atom stereocenters. The van der Waals surface area contributed by atoms with Gasteiger partial charge in [-0.2, -0.15) is 0 Å². The number of thiophene rings is 1. The zero-order valence-corrected chi connectivity index (χ0v) is 21.9. The molecule has 0 aliphatic rings. The molecule has 39 heavy (non-hydrogen) atoms. The Morgan fingerprint density at radius 3 is 1.87 bits per heavy atom. The Labute approximate surface area is 229 Å². The molecular weight excluding hydrogens is 488 g/mol. The molecule has 0 amide bonds. The molecule has 0 spiro atoms. The van der Waals surface area contributed by atoms with Crippen LogP contribution in [0.15, 0.2) is 133 Å². The third kappa shape index (κ3) is 3.05. The molecule has 0 saturated carbocycles. The van der Waals surface area contributed by atoms with Crippen molar-refractivity contribution in [3.8, 4) is 22.3 Å². The van der Waals surface area contributed by atoms with Crippen molar-refractivity contribution in [2.45, 2.75) is 0 Å². The van der Waals surface area contributed by atoms with Crippen LogP contribution in [0.1, 0.15) is 0 Å². The Kier molecular flexibility index (Phi) is 4.30. The predicted molar refractivity (Wildman–Crippen MR) is 171 cm³/mol. The molecule has 0 nitrogen and oxygen atoms in total. The molecule has 0 aliphatic carbocycles. The number of fused-ring (bicyclic) bond motifs is 4. The Morgan fingerprint density at radius 2 is 1.00 bits per heavy atom. The molecule has 0 atom stereocenters. The summed E-state index contributed by atoms with van der Waals surface area (Å²) < 4.78 is 2.76. The van der Waals surface area contributed by atoms with Crippen LogP contribution in [-0.4, -0.2) is 0 Å². The average Bonchev–Trinajstić information content (AvgIpc) is 3.40. The van der Waals surface area contributed by atoms with E-state index in [-0.39, 0.29) is 0 Å². The highest BCUT2D eigenvalue weighted by Gasteiger charge is 2.15. The van der Waals surface area contributed by atoms with Crippen LogP contribution in [-0.2, 0) is 0 Å². The van der Waals surface area contributed by atoms with Gasteiger partial charge in [0.25, 0.3) is 0 Å². The van der Waals surface area contributed by atoms with Gasteiger partial charge in [0.15, 0.2) is 0 Å². The van der Waals surface area contributed by atoms with Crippen molar-refractivity contribution in [2.24, 2.45) is 0 Å². The topological polar surface area (TPSA) is 0 Å². The van der Waals surface area contributed by atoms with Crippen molar-refractivity contribution >= 4 is 74.6 Å². The van der Waals surface area contributed by atoms with E-state index in [4.69, 9.17) is 0 Å². The molecule has 0 radical (unpaired) electrons. The summed E-state index contributed by atoms with van der Waals surface area (Å²) >= 11 is 1.92. The van der Waals surface area contributed by atoms with Gasteiger partial charge in [-0.25, -0.2) is 0 Å². The number of benzene rings is 8. The van der Waals surface area contributed by atoms with Crippen molar-refractivity contribution in [1.29, 1.82) is 0 Å². The first-order chi connectivity index (χ1) is 19.3. The third-order valence-electron chi connectivity index (χ3n) is 8.40. The van der Waals surface area contributed by atoms with E-state index >= 15 is 0 Å². The van der Waals surface area contributed by atoms with Crippen LogP contribution in [0.4, 0.5) is 0 Å². The Bertz CT molecular complexity index is 2390. The molecule has 0 N–H and O–H groups in total. The molecule has 0 bridgehead atoms. The highest BCUT2D eigenvalue weighted by atomic mass is 32.1.